The molecule has 0 aliphatic heterocycles. The van der Waals surface area contributed by atoms with Crippen LogP contribution < -0.4 is 4.72 Å². The number of hydrogen-bond donors (Lipinski definition) is 2. The fourth-order valence-corrected chi connectivity index (χ4v) is 3.80. The Morgan fingerprint density at radius 1 is 1.14 bits per heavy atom. The summed E-state index contributed by atoms with van der Waals surface area (Å²) in [4.78, 5) is 10.5. The maximum atomic E-state index is 12.0. The van der Waals surface area contributed by atoms with E-state index in [9.17, 15) is 13.2 Å². The maximum Gasteiger partial charge on any atom is 0.304 e. The zero-order valence-corrected chi connectivity index (χ0v) is 14.5. The van der Waals surface area contributed by atoms with Crippen LogP contribution in [-0.2, 0) is 14.8 Å². The molecule has 0 saturated carbocycles. The quantitative estimate of drug-likeness (QED) is 0.589. The second-order valence-corrected chi connectivity index (χ2v) is 8.10. The molecule has 124 valence electrons. The molecular weight excluding hydrogens is 346 g/mol. The number of nitrogens with one attached hydrogen (secondary N) is 1. The first-order chi connectivity index (χ1) is 10.4. The molecule has 1 rings (SSSR count). The van der Waals surface area contributed by atoms with Crippen LogP contribution in [0.1, 0.15) is 25.7 Å². The summed E-state index contributed by atoms with van der Waals surface area (Å²) in [6, 6.07) is 6.04. The van der Waals surface area contributed by atoms with E-state index in [1.54, 1.807) is 23.9 Å². The van der Waals surface area contributed by atoms with Crippen molar-refractivity contribution in [3.63, 3.8) is 0 Å². The molecule has 0 heterocycles. The lowest BCUT2D eigenvalue weighted by Gasteiger charge is -2.06. The van der Waals surface area contributed by atoms with E-state index in [1.807, 2.05) is 0 Å². The van der Waals surface area contributed by atoms with Crippen LogP contribution >= 0.6 is 23.4 Å². The van der Waals surface area contributed by atoms with Gasteiger partial charge >= 0.3 is 5.97 Å². The third-order valence-electron chi connectivity index (χ3n) is 2.84. The Balaban J connectivity index is 2.13. The average Bonchev–Trinajstić information content (AvgIpc) is 2.45. The molecule has 0 fully saturated rings. The van der Waals surface area contributed by atoms with Crippen molar-refractivity contribution >= 4 is 39.4 Å². The first kappa shape index (κ1) is 19.3. The standard InChI is InChI=1S/C14H20ClNO4S2/c15-12-4-6-13(7-5-12)22(19,20)16-9-2-1-3-10-21-11-8-14(17)18/h4-7,16H,1-3,8-11H2,(H,17,18). The van der Waals surface area contributed by atoms with E-state index >= 15 is 0 Å². The Hall–Kier alpha value is -0.760. The van der Waals surface area contributed by atoms with Crippen LogP contribution in [0.5, 0.6) is 0 Å². The number of carboxylic acid groups (broad SMARTS) is 1. The maximum absolute atomic E-state index is 12.0. The van der Waals surface area contributed by atoms with Crippen molar-refractivity contribution in [3.8, 4) is 0 Å². The average molecular weight is 366 g/mol. The van der Waals surface area contributed by atoms with Crippen molar-refractivity contribution in [2.24, 2.45) is 0 Å². The Kier molecular flexibility index (Phi) is 8.85. The lowest BCUT2D eigenvalue weighted by atomic mass is 10.2. The van der Waals surface area contributed by atoms with Crippen LogP contribution in [0.2, 0.25) is 5.02 Å². The molecule has 0 aliphatic carbocycles. The summed E-state index contributed by atoms with van der Waals surface area (Å²) in [6.45, 7) is 0.394. The molecule has 5 nitrogen and oxygen atoms in total. The lowest BCUT2D eigenvalue weighted by Crippen LogP contribution is -2.24. The number of carboxylic acids is 1. The number of unbranched alkanes of at least 4 members (excludes halogenated alkanes) is 2. The van der Waals surface area contributed by atoms with Crippen molar-refractivity contribution in [2.75, 3.05) is 18.1 Å². The number of sulfonamides is 1. The second-order valence-electron chi connectivity index (χ2n) is 4.67. The number of hydrogen-bond acceptors (Lipinski definition) is 4. The van der Waals surface area contributed by atoms with Crippen LogP contribution in [-0.4, -0.2) is 37.5 Å². The summed E-state index contributed by atoms with van der Waals surface area (Å²) in [5.41, 5.74) is 0. The predicted octanol–water partition coefficient (Wildman–Crippen LogP) is 3.00. The van der Waals surface area contributed by atoms with Gasteiger partial charge in [0.1, 0.15) is 0 Å². The fraction of sp³-hybridized carbons (Fsp3) is 0.500. The van der Waals surface area contributed by atoms with Crippen LogP contribution in [0, 0.1) is 0 Å². The first-order valence-corrected chi connectivity index (χ1v) is 9.98. The highest BCUT2D eigenvalue weighted by Gasteiger charge is 2.12. The van der Waals surface area contributed by atoms with Crippen molar-refractivity contribution in [1.29, 1.82) is 0 Å². The molecule has 0 aliphatic rings. The van der Waals surface area contributed by atoms with Crippen LogP contribution in [0.15, 0.2) is 29.2 Å². The van der Waals surface area contributed by atoms with E-state index < -0.39 is 16.0 Å². The molecule has 1 aromatic carbocycles. The van der Waals surface area contributed by atoms with Crippen LogP contribution in [0.3, 0.4) is 0 Å². The number of benzene rings is 1. The SMILES string of the molecule is O=C(O)CCSCCCCCNS(=O)(=O)c1ccc(Cl)cc1. The smallest absolute Gasteiger partial charge is 0.304 e. The third kappa shape index (κ3) is 8.03. The minimum atomic E-state index is -3.47. The number of carbonyl (C=O) groups is 1. The van der Waals surface area contributed by atoms with Gasteiger partial charge in [0.25, 0.3) is 0 Å². The van der Waals surface area contributed by atoms with Gasteiger partial charge in [-0.05, 0) is 42.9 Å². The number of aliphatic carboxylic acids is 1. The lowest BCUT2D eigenvalue weighted by molar-refractivity contribution is -0.136. The summed E-state index contributed by atoms with van der Waals surface area (Å²) < 4.78 is 26.5. The van der Waals surface area contributed by atoms with Gasteiger partial charge in [-0.3, -0.25) is 4.79 Å². The van der Waals surface area contributed by atoms with Gasteiger partial charge in [-0.1, -0.05) is 18.0 Å². The highest BCUT2D eigenvalue weighted by molar-refractivity contribution is 7.99. The molecular formula is C14H20ClNO4S2. The molecule has 0 unspecified atom stereocenters. The highest BCUT2D eigenvalue weighted by Crippen LogP contribution is 2.14. The Labute approximate surface area is 140 Å². The van der Waals surface area contributed by atoms with Gasteiger partial charge in [-0.25, -0.2) is 13.1 Å². The number of halogens is 1. The molecule has 0 spiro atoms. The monoisotopic (exact) mass is 365 g/mol. The molecule has 8 heteroatoms. The summed E-state index contributed by atoms with van der Waals surface area (Å²) in [7, 11) is -3.47. The first-order valence-electron chi connectivity index (χ1n) is 6.96. The molecule has 2 N–H and O–H groups in total. The summed E-state index contributed by atoms with van der Waals surface area (Å²) in [6.07, 6.45) is 2.80. The van der Waals surface area contributed by atoms with Gasteiger partial charge in [0, 0.05) is 17.3 Å². The molecule has 0 radical (unpaired) electrons. The van der Waals surface area contributed by atoms with E-state index in [4.69, 9.17) is 16.7 Å². The van der Waals surface area contributed by atoms with E-state index in [-0.39, 0.29) is 11.3 Å². The Bertz CT molecular complexity index is 561. The summed E-state index contributed by atoms with van der Waals surface area (Å²) in [5.74, 6) is 0.750. The van der Waals surface area contributed by atoms with Gasteiger partial charge in [0.15, 0.2) is 0 Å². The molecule has 1 aromatic rings. The topological polar surface area (TPSA) is 83.5 Å². The molecule has 0 aromatic heterocycles. The largest absolute Gasteiger partial charge is 0.481 e. The minimum absolute atomic E-state index is 0.186. The molecule has 22 heavy (non-hydrogen) atoms. The van der Waals surface area contributed by atoms with E-state index in [2.05, 4.69) is 4.72 Å². The van der Waals surface area contributed by atoms with E-state index in [0.717, 1.165) is 25.0 Å². The van der Waals surface area contributed by atoms with Gasteiger partial charge in [-0.2, -0.15) is 11.8 Å². The number of rotatable bonds is 11. The van der Waals surface area contributed by atoms with Crippen molar-refractivity contribution < 1.29 is 18.3 Å². The molecule has 0 atom stereocenters. The Morgan fingerprint density at radius 2 is 1.82 bits per heavy atom. The van der Waals surface area contributed by atoms with Gasteiger partial charge in [-0.15, -0.1) is 0 Å². The fourth-order valence-electron chi connectivity index (χ4n) is 1.67. The van der Waals surface area contributed by atoms with Crippen LogP contribution in [0.25, 0.3) is 0 Å². The third-order valence-corrected chi connectivity index (χ3v) is 5.64. The highest BCUT2D eigenvalue weighted by atomic mass is 35.5. The van der Waals surface area contributed by atoms with Gasteiger partial charge in [0.2, 0.25) is 10.0 Å². The van der Waals surface area contributed by atoms with Crippen molar-refractivity contribution in [2.45, 2.75) is 30.6 Å². The summed E-state index contributed by atoms with van der Waals surface area (Å²) in [5, 5.41) is 8.99. The summed E-state index contributed by atoms with van der Waals surface area (Å²) >= 11 is 7.34. The Morgan fingerprint density at radius 3 is 2.45 bits per heavy atom. The number of thioether (sulfide) groups is 1. The molecule has 0 amide bonds. The minimum Gasteiger partial charge on any atom is -0.481 e. The molecule has 0 saturated heterocycles. The van der Waals surface area contributed by atoms with Crippen LogP contribution in [0.4, 0.5) is 0 Å². The predicted molar refractivity (Wildman–Crippen MR) is 90.1 cm³/mol. The van der Waals surface area contributed by atoms with Crippen molar-refractivity contribution in [1.82, 2.24) is 4.72 Å². The zero-order chi connectivity index (χ0) is 16.4. The van der Waals surface area contributed by atoms with Gasteiger partial charge in [0.05, 0.1) is 11.3 Å². The second kappa shape index (κ2) is 10.1. The van der Waals surface area contributed by atoms with E-state index in [0.29, 0.717) is 17.3 Å². The normalized spacial score (nSPS) is 11.5. The van der Waals surface area contributed by atoms with Gasteiger partial charge < -0.3 is 5.11 Å². The zero-order valence-electron chi connectivity index (χ0n) is 12.1. The van der Waals surface area contributed by atoms with Crippen molar-refractivity contribution in [3.05, 3.63) is 29.3 Å². The molecule has 0 bridgehead atoms. The van der Waals surface area contributed by atoms with E-state index in [1.165, 1.54) is 12.1 Å².